The van der Waals surface area contributed by atoms with Crippen molar-refractivity contribution in [1.82, 2.24) is 5.32 Å². The van der Waals surface area contributed by atoms with E-state index in [0.29, 0.717) is 0 Å². The van der Waals surface area contributed by atoms with Crippen LogP contribution in [-0.2, 0) is 4.79 Å². The molecule has 0 heterocycles. The van der Waals surface area contributed by atoms with Crippen molar-refractivity contribution in [2.75, 3.05) is 5.32 Å². The van der Waals surface area contributed by atoms with Crippen molar-refractivity contribution in [3.05, 3.63) is 29.8 Å². The Morgan fingerprint density at radius 3 is 2.61 bits per heavy atom. The predicted octanol–water partition coefficient (Wildman–Crippen LogP) is 2.21. The number of carbonyl (C=O) groups excluding carboxylic acids is 1. The van der Waals surface area contributed by atoms with Gasteiger partial charge in [0, 0.05) is 11.7 Å². The molecule has 0 bridgehead atoms. The van der Waals surface area contributed by atoms with Crippen LogP contribution in [0.3, 0.4) is 0 Å². The van der Waals surface area contributed by atoms with E-state index in [4.69, 9.17) is 5.26 Å². The minimum Gasteiger partial charge on any atom is -0.369 e. The average molecular weight is 245 g/mol. The van der Waals surface area contributed by atoms with E-state index in [0.717, 1.165) is 11.3 Å². The highest BCUT2D eigenvalue weighted by molar-refractivity contribution is 5.77. The van der Waals surface area contributed by atoms with E-state index in [9.17, 15) is 4.79 Å². The van der Waals surface area contributed by atoms with Crippen LogP contribution in [0.25, 0.3) is 0 Å². The van der Waals surface area contributed by atoms with Gasteiger partial charge in [-0.05, 0) is 32.4 Å². The van der Waals surface area contributed by atoms with Gasteiger partial charge in [-0.25, -0.2) is 0 Å². The first kappa shape index (κ1) is 14.0. The van der Waals surface area contributed by atoms with Crippen LogP contribution in [0.4, 0.5) is 5.69 Å². The number of aryl methyl sites for hydroxylation is 1. The normalized spacial score (nSPS) is 11.7. The van der Waals surface area contributed by atoms with E-state index >= 15 is 0 Å². The molecule has 1 aromatic rings. The Balaban J connectivity index is 2.61. The fourth-order valence-corrected chi connectivity index (χ4v) is 1.62. The summed E-state index contributed by atoms with van der Waals surface area (Å²) in [7, 11) is 0. The van der Waals surface area contributed by atoms with Gasteiger partial charge in [-0.3, -0.25) is 4.79 Å². The van der Waals surface area contributed by atoms with Gasteiger partial charge in [-0.2, -0.15) is 5.26 Å². The summed E-state index contributed by atoms with van der Waals surface area (Å²) < 4.78 is 0. The molecule has 0 fully saturated rings. The standard InChI is InChI=1S/C14H19N3O/c1-10(2)16-14(18)8-12(9-15)17-13-7-5-4-6-11(13)3/h4-7,10,12,17H,8H2,1-3H3,(H,16,18). The third kappa shape index (κ3) is 4.46. The van der Waals surface area contributed by atoms with Crippen molar-refractivity contribution in [2.24, 2.45) is 0 Å². The number of nitrogens with zero attached hydrogens (tertiary/aromatic N) is 1. The maximum absolute atomic E-state index is 11.6. The van der Waals surface area contributed by atoms with Gasteiger partial charge in [0.1, 0.15) is 6.04 Å². The number of hydrogen-bond acceptors (Lipinski definition) is 3. The second kappa shape index (κ2) is 6.65. The molecule has 4 heteroatoms. The first-order chi connectivity index (χ1) is 8.52. The van der Waals surface area contributed by atoms with Gasteiger partial charge in [-0.1, -0.05) is 18.2 Å². The quantitative estimate of drug-likeness (QED) is 0.836. The van der Waals surface area contributed by atoms with Crippen LogP contribution in [-0.4, -0.2) is 18.0 Å². The second-order valence-corrected chi connectivity index (χ2v) is 4.57. The highest BCUT2D eigenvalue weighted by atomic mass is 16.1. The van der Waals surface area contributed by atoms with Gasteiger partial charge in [0.2, 0.25) is 5.91 Å². The van der Waals surface area contributed by atoms with E-state index in [1.54, 1.807) is 0 Å². The van der Waals surface area contributed by atoms with Gasteiger partial charge in [-0.15, -0.1) is 0 Å². The Bertz CT molecular complexity index is 449. The number of carbonyl (C=O) groups is 1. The molecule has 0 aliphatic heterocycles. The molecular weight excluding hydrogens is 226 g/mol. The molecule has 0 aromatic heterocycles. The Kier molecular flexibility index (Phi) is 5.19. The molecule has 0 saturated heterocycles. The van der Waals surface area contributed by atoms with Crippen LogP contribution in [0, 0.1) is 18.3 Å². The molecule has 1 unspecified atom stereocenters. The molecule has 1 rings (SSSR count). The topological polar surface area (TPSA) is 64.9 Å². The largest absolute Gasteiger partial charge is 0.369 e. The summed E-state index contributed by atoms with van der Waals surface area (Å²) in [4.78, 5) is 11.6. The number of nitriles is 1. The lowest BCUT2D eigenvalue weighted by Gasteiger charge is -2.15. The number of hydrogen-bond donors (Lipinski definition) is 2. The van der Waals surface area contributed by atoms with Gasteiger partial charge < -0.3 is 10.6 Å². The molecule has 1 atom stereocenters. The van der Waals surface area contributed by atoms with Crippen molar-refractivity contribution >= 4 is 11.6 Å². The summed E-state index contributed by atoms with van der Waals surface area (Å²) in [5, 5.41) is 14.9. The molecule has 1 aromatic carbocycles. The highest BCUT2D eigenvalue weighted by Gasteiger charge is 2.14. The average Bonchev–Trinajstić information content (AvgIpc) is 2.30. The number of amides is 1. The van der Waals surface area contributed by atoms with Gasteiger partial charge in [0.15, 0.2) is 0 Å². The van der Waals surface area contributed by atoms with Gasteiger partial charge in [0.25, 0.3) is 0 Å². The van der Waals surface area contributed by atoms with Crippen molar-refractivity contribution in [1.29, 1.82) is 5.26 Å². The summed E-state index contributed by atoms with van der Waals surface area (Å²) in [5.41, 5.74) is 1.95. The lowest BCUT2D eigenvalue weighted by atomic mass is 10.1. The molecule has 96 valence electrons. The molecule has 0 spiro atoms. The van der Waals surface area contributed by atoms with E-state index < -0.39 is 6.04 Å². The van der Waals surface area contributed by atoms with Crippen molar-refractivity contribution < 1.29 is 4.79 Å². The van der Waals surface area contributed by atoms with Gasteiger partial charge in [0.05, 0.1) is 12.5 Å². The molecule has 0 saturated carbocycles. The fourth-order valence-electron chi connectivity index (χ4n) is 1.62. The minimum atomic E-state index is -0.509. The molecule has 0 radical (unpaired) electrons. The third-order valence-corrected chi connectivity index (χ3v) is 2.47. The van der Waals surface area contributed by atoms with Crippen molar-refractivity contribution in [2.45, 2.75) is 39.3 Å². The number of para-hydroxylation sites is 1. The van der Waals surface area contributed by atoms with E-state index in [1.165, 1.54) is 0 Å². The lowest BCUT2D eigenvalue weighted by Crippen LogP contribution is -2.34. The first-order valence-electron chi connectivity index (χ1n) is 6.04. The SMILES string of the molecule is Cc1ccccc1NC(C#N)CC(=O)NC(C)C. The Morgan fingerprint density at radius 2 is 2.06 bits per heavy atom. The smallest absolute Gasteiger partial charge is 0.223 e. The maximum Gasteiger partial charge on any atom is 0.223 e. The molecule has 1 amide bonds. The molecular formula is C14H19N3O. The lowest BCUT2D eigenvalue weighted by molar-refractivity contribution is -0.121. The number of rotatable bonds is 5. The van der Waals surface area contributed by atoms with E-state index in [2.05, 4.69) is 16.7 Å². The van der Waals surface area contributed by atoms with Gasteiger partial charge >= 0.3 is 0 Å². The van der Waals surface area contributed by atoms with E-state index in [-0.39, 0.29) is 18.4 Å². The summed E-state index contributed by atoms with van der Waals surface area (Å²) in [6.45, 7) is 5.76. The zero-order valence-electron chi connectivity index (χ0n) is 11.0. The van der Waals surface area contributed by atoms with Crippen molar-refractivity contribution in [3.63, 3.8) is 0 Å². The zero-order chi connectivity index (χ0) is 13.5. The molecule has 4 nitrogen and oxygen atoms in total. The number of anilines is 1. The van der Waals surface area contributed by atoms with E-state index in [1.807, 2.05) is 45.0 Å². The summed E-state index contributed by atoms with van der Waals surface area (Å²) >= 11 is 0. The highest BCUT2D eigenvalue weighted by Crippen LogP contribution is 2.15. The number of nitrogens with one attached hydrogen (secondary N) is 2. The van der Waals surface area contributed by atoms with Crippen LogP contribution < -0.4 is 10.6 Å². The summed E-state index contributed by atoms with van der Waals surface area (Å²) in [5.74, 6) is -0.113. The Morgan fingerprint density at radius 1 is 1.39 bits per heavy atom. The van der Waals surface area contributed by atoms with Crippen LogP contribution in [0.2, 0.25) is 0 Å². The summed E-state index contributed by atoms with van der Waals surface area (Å²) in [6, 6.07) is 9.40. The predicted molar refractivity (Wildman–Crippen MR) is 72.1 cm³/mol. The zero-order valence-corrected chi connectivity index (χ0v) is 11.0. The van der Waals surface area contributed by atoms with Crippen molar-refractivity contribution in [3.8, 4) is 6.07 Å². The maximum atomic E-state index is 11.6. The second-order valence-electron chi connectivity index (χ2n) is 4.57. The monoisotopic (exact) mass is 245 g/mol. The van der Waals surface area contributed by atoms with Crippen LogP contribution in [0.5, 0.6) is 0 Å². The molecule has 2 N–H and O–H groups in total. The summed E-state index contributed by atoms with van der Waals surface area (Å²) in [6.07, 6.45) is 0.156. The molecule has 0 aliphatic rings. The Labute approximate surface area is 108 Å². The molecule has 0 aliphatic carbocycles. The third-order valence-electron chi connectivity index (χ3n) is 2.47. The Hall–Kier alpha value is -2.02. The fraction of sp³-hybridized carbons (Fsp3) is 0.429. The van der Waals surface area contributed by atoms with Crippen LogP contribution >= 0.6 is 0 Å². The molecule has 18 heavy (non-hydrogen) atoms. The number of benzene rings is 1. The van der Waals surface area contributed by atoms with Crippen LogP contribution in [0.15, 0.2) is 24.3 Å². The first-order valence-corrected chi connectivity index (χ1v) is 6.04. The minimum absolute atomic E-state index is 0.0929. The van der Waals surface area contributed by atoms with Crippen LogP contribution in [0.1, 0.15) is 25.8 Å².